The summed E-state index contributed by atoms with van der Waals surface area (Å²) in [6, 6.07) is 9.09. The number of primary amides is 1. The van der Waals surface area contributed by atoms with Crippen LogP contribution in [-0.4, -0.2) is 41.2 Å². The lowest BCUT2D eigenvalue weighted by molar-refractivity contribution is -0.126. The van der Waals surface area contributed by atoms with Crippen molar-refractivity contribution in [1.29, 1.82) is 0 Å². The number of nitrogens with two attached hydrogens (primary N) is 1. The lowest BCUT2D eigenvalue weighted by Crippen LogP contribution is -2.53. The first-order chi connectivity index (χ1) is 12.0. The third-order valence-corrected chi connectivity index (χ3v) is 6.36. The SMILES string of the molecule is CC[C@H](C)[C@@H](C(N)=O)N(C[C@@H]1C[C@H](S)CN1)C1CCc2ccccc21. The Morgan fingerprint density at radius 1 is 1.44 bits per heavy atom. The van der Waals surface area contributed by atoms with E-state index in [4.69, 9.17) is 5.73 Å². The van der Waals surface area contributed by atoms with Gasteiger partial charge in [-0.15, -0.1) is 0 Å². The molecule has 3 N–H and O–H groups in total. The van der Waals surface area contributed by atoms with Crippen LogP contribution in [0, 0.1) is 5.92 Å². The van der Waals surface area contributed by atoms with Crippen LogP contribution in [0.1, 0.15) is 50.3 Å². The van der Waals surface area contributed by atoms with Crippen LogP contribution < -0.4 is 11.1 Å². The van der Waals surface area contributed by atoms with Crippen molar-refractivity contribution in [3.05, 3.63) is 35.4 Å². The van der Waals surface area contributed by atoms with E-state index >= 15 is 0 Å². The largest absolute Gasteiger partial charge is 0.368 e. The van der Waals surface area contributed by atoms with Gasteiger partial charge in [0.25, 0.3) is 0 Å². The zero-order valence-electron chi connectivity index (χ0n) is 15.3. The Morgan fingerprint density at radius 3 is 2.84 bits per heavy atom. The van der Waals surface area contributed by atoms with Gasteiger partial charge < -0.3 is 11.1 Å². The third-order valence-electron chi connectivity index (χ3n) is 5.96. The number of nitrogens with one attached hydrogen (secondary N) is 1. The minimum atomic E-state index is -0.220. The number of carbonyl (C=O) groups excluding carboxylic acids is 1. The first kappa shape index (κ1) is 18.7. The fourth-order valence-corrected chi connectivity index (χ4v) is 4.86. The van der Waals surface area contributed by atoms with Crippen molar-refractivity contribution in [3.8, 4) is 0 Å². The van der Waals surface area contributed by atoms with E-state index in [9.17, 15) is 4.79 Å². The van der Waals surface area contributed by atoms with E-state index in [1.165, 1.54) is 11.1 Å². The zero-order valence-corrected chi connectivity index (χ0v) is 16.2. The van der Waals surface area contributed by atoms with Crippen molar-refractivity contribution in [1.82, 2.24) is 10.2 Å². The third kappa shape index (κ3) is 4.04. The van der Waals surface area contributed by atoms with Crippen molar-refractivity contribution < 1.29 is 4.79 Å². The molecule has 1 aromatic rings. The highest BCUT2D eigenvalue weighted by Crippen LogP contribution is 2.38. The Kier molecular flexibility index (Phi) is 6.08. The molecule has 1 heterocycles. The van der Waals surface area contributed by atoms with Gasteiger partial charge in [-0.3, -0.25) is 9.69 Å². The van der Waals surface area contributed by atoms with Crippen LogP contribution in [0.5, 0.6) is 0 Å². The number of aryl methyl sites for hydroxylation is 1. The molecule has 0 aromatic heterocycles. The summed E-state index contributed by atoms with van der Waals surface area (Å²) in [7, 11) is 0. The summed E-state index contributed by atoms with van der Waals surface area (Å²) in [6.07, 6.45) is 4.14. The van der Waals surface area contributed by atoms with E-state index in [0.29, 0.717) is 11.3 Å². The van der Waals surface area contributed by atoms with Gasteiger partial charge in [0.15, 0.2) is 0 Å². The van der Waals surface area contributed by atoms with Crippen LogP contribution in [0.25, 0.3) is 0 Å². The fraction of sp³-hybridized carbons (Fsp3) is 0.650. The highest BCUT2D eigenvalue weighted by Gasteiger charge is 2.39. The van der Waals surface area contributed by atoms with Gasteiger partial charge in [0.1, 0.15) is 0 Å². The number of hydrogen-bond acceptors (Lipinski definition) is 4. The second-order valence-corrected chi connectivity index (χ2v) is 8.41. The van der Waals surface area contributed by atoms with E-state index < -0.39 is 0 Å². The van der Waals surface area contributed by atoms with Crippen LogP contribution in [0.4, 0.5) is 0 Å². The normalized spacial score (nSPS) is 28.1. The molecule has 1 aliphatic heterocycles. The molecule has 3 rings (SSSR count). The molecule has 1 aliphatic carbocycles. The fourth-order valence-electron chi connectivity index (χ4n) is 4.50. The Morgan fingerprint density at radius 2 is 2.20 bits per heavy atom. The summed E-state index contributed by atoms with van der Waals surface area (Å²) < 4.78 is 0. The van der Waals surface area contributed by atoms with Crippen molar-refractivity contribution >= 4 is 18.5 Å². The van der Waals surface area contributed by atoms with Gasteiger partial charge in [0.05, 0.1) is 6.04 Å². The van der Waals surface area contributed by atoms with Crippen molar-refractivity contribution in [2.75, 3.05) is 13.1 Å². The Labute approximate surface area is 156 Å². The lowest BCUT2D eigenvalue weighted by atomic mass is 9.93. The van der Waals surface area contributed by atoms with Crippen LogP contribution in [0.15, 0.2) is 24.3 Å². The van der Waals surface area contributed by atoms with E-state index in [1.807, 2.05) is 0 Å². The molecule has 138 valence electrons. The van der Waals surface area contributed by atoms with Crippen molar-refractivity contribution in [3.63, 3.8) is 0 Å². The molecule has 1 amide bonds. The average Bonchev–Trinajstić information content (AvgIpc) is 3.19. The Bertz CT molecular complexity index is 608. The molecule has 0 bridgehead atoms. The van der Waals surface area contributed by atoms with E-state index in [2.05, 4.69) is 61.0 Å². The van der Waals surface area contributed by atoms with Gasteiger partial charge in [-0.1, -0.05) is 44.5 Å². The molecule has 0 radical (unpaired) electrons. The molecular formula is C20H31N3OS. The Balaban J connectivity index is 1.90. The van der Waals surface area contributed by atoms with Crippen molar-refractivity contribution in [2.45, 2.75) is 62.9 Å². The standard InChI is InChI=1S/C20H31N3OS/c1-3-13(2)19(20(21)24)23(12-15-10-16(25)11-22-15)18-9-8-14-6-4-5-7-17(14)18/h4-7,13,15-16,18-19,22,25H,3,8-12H2,1-2H3,(H2,21,24)/t13-,15-,16-,18?,19-/m0/s1. The van der Waals surface area contributed by atoms with E-state index in [1.54, 1.807) is 0 Å². The van der Waals surface area contributed by atoms with Gasteiger partial charge in [-0.25, -0.2) is 0 Å². The summed E-state index contributed by atoms with van der Waals surface area (Å²) in [4.78, 5) is 14.8. The van der Waals surface area contributed by atoms with E-state index in [0.717, 1.165) is 38.8 Å². The molecule has 1 saturated heterocycles. The molecule has 5 heteroatoms. The van der Waals surface area contributed by atoms with Crippen LogP contribution in [0.2, 0.25) is 0 Å². The molecule has 5 atom stereocenters. The second-order valence-electron chi connectivity index (χ2n) is 7.68. The highest BCUT2D eigenvalue weighted by atomic mass is 32.1. The molecule has 0 saturated carbocycles. The average molecular weight is 362 g/mol. The smallest absolute Gasteiger partial charge is 0.235 e. The molecule has 2 aliphatic rings. The van der Waals surface area contributed by atoms with Crippen LogP contribution in [-0.2, 0) is 11.2 Å². The van der Waals surface area contributed by atoms with Gasteiger partial charge in [0.2, 0.25) is 5.91 Å². The molecule has 1 aromatic carbocycles. The minimum Gasteiger partial charge on any atom is -0.368 e. The molecule has 1 unspecified atom stereocenters. The summed E-state index contributed by atoms with van der Waals surface area (Å²) in [5.74, 6) is 0.0533. The molecule has 0 spiro atoms. The highest BCUT2D eigenvalue weighted by molar-refractivity contribution is 7.81. The number of benzene rings is 1. The maximum atomic E-state index is 12.4. The monoisotopic (exact) mass is 361 g/mol. The molecule has 4 nitrogen and oxygen atoms in total. The van der Waals surface area contributed by atoms with Crippen molar-refractivity contribution in [2.24, 2.45) is 11.7 Å². The van der Waals surface area contributed by atoms with Gasteiger partial charge >= 0.3 is 0 Å². The number of carbonyl (C=O) groups is 1. The first-order valence-corrected chi connectivity index (χ1v) is 10.1. The maximum absolute atomic E-state index is 12.4. The topological polar surface area (TPSA) is 58.4 Å². The maximum Gasteiger partial charge on any atom is 0.235 e. The Hall–Kier alpha value is -1.04. The number of fused-ring (bicyclic) bond motifs is 1. The van der Waals surface area contributed by atoms with Gasteiger partial charge in [-0.05, 0) is 36.3 Å². The van der Waals surface area contributed by atoms with E-state index in [-0.39, 0.29) is 23.9 Å². The number of thiol groups is 1. The summed E-state index contributed by atoms with van der Waals surface area (Å²) in [5.41, 5.74) is 8.67. The molecule has 1 fully saturated rings. The summed E-state index contributed by atoms with van der Waals surface area (Å²) in [5, 5.41) is 3.97. The molecular weight excluding hydrogens is 330 g/mol. The second kappa shape index (κ2) is 8.11. The number of amides is 1. The van der Waals surface area contributed by atoms with Crippen LogP contribution in [0.3, 0.4) is 0 Å². The quantitative estimate of drug-likeness (QED) is 0.654. The summed E-state index contributed by atoms with van der Waals surface area (Å²) in [6.45, 7) is 6.08. The van der Waals surface area contributed by atoms with Gasteiger partial charge in [0, 0.05) is 30.4 Å². The van der Waals surface area contributed by atoms with Crippen LogP contribution >= 0.6 is 12.6 Å². The zero-order chi connectivity index (χ0) is 18.0. The summed E-state index contributed by atoms with van der Waals surface area (Å²) >= 11 is 4.61. The first-order valence-electron chi connectivity index (χ1n) is 9.55. The number of nitrogens with zero attached hydrogens (tertiary/aromatic N) is 1. The number of hydrogen-bond donors (Lipinski definition) is 3. The predicted molar refractivity (Wildman–Crippen MR) is 106 cm³/mol. The minimum absolute atomic E-state index is 0.195. The molecule has 25 heavy (non-hydrogen) atoms. The number of rotatable bonds is 7. The lowest BCUT2D eigenvalue weighted by Gasteiger charge is -2.39. The predicted octanol–water partition coefficient (Wildman–Crippen LogP) is 2.54. The van der Waals surface area contributed by atoms with Gasteiger partial charge in [-0.2, -0.15) is 12.6 Å².